The van der Waals surface area contributed by atoms with E-state index in [0.29, 0.717) is 50.2 Å². The highest BCUT2D eigenvalue weighted by atomic mass is 19.1. The lowest BCUT2D eigenvalue weighted by molar-refractivity contribution is -0.137. The van der Waals surface area contributed by atoms with Crippen LogP contribution in [-0.4, -0.2) is 81.2 Å². The molecular weight excluding hydrogens is 543 g/mol. The number of benzene rings is 1. The molecule has 3 heterocycles. The Kier molecular flexibility index (Phi) is 9.74. The van der Waals surface area contributed by atoms with E-state index < -0.39 is 41.3 Å². The first kappa shape index (κ1) is 30.9. The number of fused-ring (bicyclic) bond motifs is 3. The average Bonchev–Trinajstić information content (AvgIpc) is 3.42. The highest BCUT2D eigenvalue weighted by molar-refractivity contribution is 5.98. The fraction of sp³-hybridized carbons (Fsp3) is 0.533. The smallest absolute Gasteiger partial charge is 0.348 e. The van der Waals surface area contributed by atoms with Crippen LogP contribution in [0.1, 0.15) is 60.4 Å². The molecule has 226 valence electrons. The van der Waals surface area contributed by atoms with Gasteiger partial charge < -0.3 is 20.4 Å². The van der Waals surface area contributed by atoms with Crippen LogP contribution in [0.4, 0.5) is 4.39 Å². The average molecular weight is 583 g/mol. The van der Waals surface area contributed by atoms with Crippen molar-refractivity contribution in [3.63, 3.8) is 0 Å². The zero-order valence-corrected chi connectivity index (χ0v) is 24.6. The highest BCUT2D eigenvalue weighted by Crippen LogP contribution is 2.23. The Labute approximate surface area is 244 Å². The number of amides is 4. The van der Waals surface area contributed by atoms with Crippen molar-refractivity contribution in [2.45, 2.75) is 72.0 Å². The van der Waals surface area contributed by atoms with Gasteiger partial charge in [-0.25, -0.2) is 9.18 Å². The SMILES string of the molecule is Cc1cc(C)n(CC(=O)N2CC(=O)NCCCc3ccc(F)c(c3)C(=O)N3CCC[C@H]3C(=O)N[C@H](C(C)C)C2)c(=O)n1. The molecule has 2 aliphatic rings. The molecule has 0 spiro atoms. The lowest BCUT2D eigenvalue weighted by Crippen LogP contribution is -2.55. The Hall–Kier alpha value is -4.09. The van der Waals surface area contributed by atoms with E-state index >= 15 is 0 Å². The maximum atomic E-state index is 14.8. The Morgan fingerprint density at radius 1 is 1.12 bits per heavy atom. The van der Waals surface area contributed by atoms with Gasteiger partial charge in [0.15, 0.2) is 0 Å². The summed E-state index contributed by atoms with van der Waals surface area (Å²) in [6.45, 7) is 7.24. The predicted octanol–water partition coefficient (Wildman–Crippen LogP) is 1.34. The second-order valence-corrected chi connectivity index (χ2v) is 11.5. The molecule has 12 heteroatoms. The van der Waals surface area contributed by atoms with Gasteiger partial charge in [-0.1, -0.05) is 19.9 Å². The molecule has 1 aromatic heterocycles. The summed E-state index contributed by atoms with van der Waals surface area (Å²) in [7, 11) is 0. The van der Waals surface area contributed by atoms with E-state index in [9.17, 15) is 28.4 Å². The van der Waals surface area contributed by atoms with Crippen molar-refractivity contribution in [3.05, 3.63) is 63.1 Å². The number of carbonyl (C=O) groups excluding carboxylic acids is 4. The minimum atomic E-state index is -0.787. The molecule has 0 unspecified atom stereocenters. The maximum absolute atomic E-state index is 14.8. The molecule has 1 aromatic carbocycles. The summed E-state index contributed by atoms with van der Waals surface area (Å²) in [4.78, 5) is 72.7. The lowest BCUT2D eigenvalue weighted by atomic mass is 10.0. The van der Waals surface area contributed by atoms with Gasteiger partial charge in [0.25, 0.3) is 5.91 Å². The fourth-order valence-corrected chi connectivity index (χ4v) is 5.47. The van der Waals surface area contributed by atoms with Gasteiger partial charge in [-0.05, 0) is 69.2 Å². The Morgan fingerprint density at radius 3 is 2.60 bits per heavy atom. The van der Waals surface area contributed by atoms with Gasteiger partial charge in [-0.2, -0.15) is 4.98 Å². The molecule has 11 nitrogen and oxygen atoms in total. The van der Waals surface area contributed by atoms with Gasteiger partial charge in [-0.15, -0.1) is 0 Å². The second kappa shape index (κ2) is 13.3. The van der Waals surface area contributed by atoms with Crippen LogP contribution in [0.5, 0.6) is 0 Å². The molecule has 2 aliphatic heterocycles. The van der Waals surface area contributed by atoms with Crippen LogP contribution in [0.2, 0.25) is 0 Å². The third-order valence-corrected chi connectivity index (χ3v) is 7.92. The number of hydrogen-bond donors (Lipinski definition) is 2. The van der Waals surface area contributed by atoms with E-state index in [1.807, 2.05) is 13.8 Å². The molecule has 2 bridgehead atoms. The molecule has 2 atom stereocenters. The first-order chi connectivity index (χ1) is 19.9. The largest absolute Gasteiger partial charge is 0.355 e. The van der Waals surface area contributed by atoms with E-state index in [1.54, 1.807) is 26.0 Å². The summed E-state index contributed by atoms with van der Waals surface area (Å²) in [6, 6.07) is 4.74. The van der Waals surface area contributed by atoms with Crippen molar-refractivity contribution in [1.29, 1.82) is 0 Å². The van der Waals surface area contributed by atoms with Gasteiger partial charge >= 0.3 is 5.69 Å². The van der Waals surface area contributed by atoms with Crippen LogP contribution in [0, 0.1) is 25.6 Å². The van der Waals surface area contributed by atoms with Crippen LogP contribution >= 0.6 is 0 Å². The molecule has 0 radical (unpaired) electrons. The van der Waals surface area contributed by atoms with Crippen LogP contribution in [0.25, 0.3) is 0 Å². The van der Waals surface area contributed by atoms with E-state index in [1.165, 1.54) is 26.5 Å². The highest BCUT2D eigenvalue weighted by Gasteiger charge is 2.37. The molecule has 1 saturated heterocycles. The molecule has 4 rings (SSSR count). The van der Waals surface area contributed by atoms with Crippen molar-refractivity contribution >= 4 is 23.6 Å². The predicted molar refractivity (Wildman–Crippen MR) is 153 cm³/mol. The maximum Gasteiger partial charge on any atom is 0.348 e. The summed E-state index contributed by atoms with van der Waals surface area (Å²) in [5.74, 6) is -2.57. The first-order valence-electron chi connectivity index (χ1n) is 14.4. The molecule has 2 aromatic rings. The number of aromatic nitrogens is 2. The van der Waals surface area contributed by atoms with Crippen LogP contribution in [0.3, 0.4) is 0 Å². The second-order valence-electron chi connectivity index (χ2n) is 11.5. The van der Waals surface area contributed by atoms with Crippen LogP contribution in [-0.2, 0) is 27.3 Å². The molecule has 1 fully saturated rings. The van der Waals surface area contributed by atoms with Crippen molar-refractivity contribution in [2.75, 3.05) is 26.2 Å². The Morgan fingerprint density at radius 2 is 1.88 bits per heavy atom. The van der Waals surface area contributed by atoms with E-state index in [2.05, 4.69) is 15.6 Å². The van der Waals surface area contributed by atoms with Gasteiger partial charge in [0, 0.05) is 37.1 Å². The van der Waals surface area contributed by atoms with Gasteiger partial charge in [-0.3, -0.25) is 23.7 Å². The van der Waals surface area contributed by atoms with Crippen LogP contribution in [0.15, 0.2) is 29.1 Å². The topological polar surface area (TPSA) is 134 Å². The third kappa shape index (κ3) is 7.21. The van der Waals surface area contributed by atoms with Gasteiger partial charge in [0.2, 0.25) is 17.7 Å². The molecule has 0 saturated carbocycles. The standard InChI is InChI=1S/C30H39FN6O5/c1-18(2)24-15-35(27(39)17-37-20(4)13-19(3)33-30(37)42)16-26(38)32-11-5-7-21-9-10-23(31)22(14-21)29(41)36-12-6-8-25(36)28(40)34-24/h9-10,13-14,18,24-25H,5-8,11-12,15-17H2,1-4H3,(H,32,38)(H,34,40)/t24-,25-/m0/s1. The quantitative estimate of drug-likeness (QED) is 0.561. The molecular formula is C30H39FN6O5. The normalized spacial score (nSPS) is 20.7. The summed E-state index contributed by atoms with van der Waals surface area (Å²) in [5, 5.41) is 5.80. The number of aryl methyl sites for hydroxylation is 3. The minimum absolute atomic E-state index is 0.0127. The number of carbonyl (C=O) groups is 4. The molecule has 4 amide bonds. The number of halogens is 1. The van der Waals surface area contributed by atoms with Gasteiger partial charge in [0.1, 0.15) is 18.4 Å². The van der Waals surface area contributed by atoms with Crippen LogP contribution < -0.4 is 16.3 Å². The third-order valence-electron chi connectivity index (χ3n) is 7.92. The first-order valence-corrected chi connectivity index (χ1v) is 14.4. The lowest BCUT2D eigenvalue weighted by Gasteiger charge is -2.32. The summed E-state index contributed by atoms with van der Waals surface area (Å²) in [6.07, 6.45) is 2.05. The summed E-state index contributed by atoms with van der Waals surface area (Å²) >= 11 is 0. The molecule has 2 N–H and O–H groups in total. The van der Waals surface area contributed by atoms with Crippen molar-refractivity contribution in [3.8, 4) is 0 Å². The number of hydrogen-bond acceptors (Lipinski definition) is 6. The minimum Gasteiger partial charge on any atom is -0.355 e. The Bertz CT molecular complexity index is 1420. The number of nitrogens with zero attached hydrogens (tertiary/aromatic N) is 4. The molecule has 42 heavy (non-hydrogen) atoms. The number of nitrogens with one attached hydrogen (secondary N) is 2. The number of rotatable bonds is 3. The summed E-state index contributed by atoms with van der Waals surface area (Å²) < 4.78 is 16.0. The van der Waals surface area contributed by atoms with Crippen molar-refractivity contribution < 1.29 is 23.6 Å². The van der Waals surface area contributed by atoms with E-state index in [-0.39, 0.29) is 37.0 Å². The van der Waals surface area contributed by atoms with E-state index in [4.69, 9.17) is 0 Å². The summed E-state index contributed by atoms with van der Waals surface area (Å²) in [5.41, 5.74) is 1.21. The Balaban J connectivity index is 1.64. The van der Waals surface area contributed by atoms with Gasteiger partial charge in [0.05, 0.1) is 12.1 Å². The van der Waals surface area contributed by atoms with Crippen molar-refractivity contribution in [1.82, 2.24) is 30.0 Å². The zero-order chi connectivity index (χ0) is 30.6. The van der Waals surface area contributed by atoms with Crippen molar-refractivity contribution in [2.24, 2.45) is 5.92 Å². The zero-order valence-electron chi connectivity index (χ0n) is 24.6. The monoisotopic (exact) mass is 582 g/mol. The fourth-order valence-electron chi connectivity index (χ4n) is 5.47. The molecule has 0 aliphatic carbocycles. The van der Waals surface area contributed by atoms with E-state index in [0.717, 1.165) is 5.56 Å².